The van der Waals surface area contributed by atoms with Gasteiger partial charge in [-0.05, 0) is 48.5 Å². The third-order valence-corrected chi connectivity index (χ3v) is 4.34. The maximum Gasteiger partial charge on any atom is 0.195 e. The monoisotopic (exact) mass is 352 g/mol. The molecule has 0 unspecified atom stereocenters. The van der Waals surface area contributed by atoms with Crippen LogP contribution in [-0.4, -0.2) is 34.2 Å². The molecule has 0 N–H and O–H groups in total. The van der Waals surface area contributed by atoms with Gasteiger partial charge in [-0.3, -0.25) is 4.57 Å². The van der Waals surface area contributed by atoms with Crippen LogP contribution in [0.2, 0.25) is 0 Å². The lowest BCUT2D eigenvalue weighted by atomic mass is 10.2. The highest BCUT2D eigenvalue weighted by Gasteiger charge is 2.07. The van der Waals surface area contributed by atoms with Crippen molar-refractivity contribution in [3.05, 3.63) is 60.4 Å². The zero-order chi connectivity index (χ0) is 17.5. The smallest absolute Gasteiger partial charge is 0.195 e. The van der Waals surface area contributed by atoms with Crippen LogP contribution in [0.4, 0.5) is 0 Å². The third-order valence-electron chi connectivity index (χ3n) is 3.43. The van der Waals surface area contributed by atoms with E-state index < -0.39 is 0 Å². The van der Waals surface area contributed by atoms with Gasteiger partial charge in [-0.2, -0.15) is 5.26 Å². The Labute approximate surface area is 150 Å². The highest BCUT2D eigenvalue weighted by molar-refractivity contribution is 7.99. The van der Waals surface area contributed by atoms with E-state index in [0.717, 1.165) is 28.1 Å². The molecule has 0 aliphatic rings. The molecule has 0 saturated carbocycles. The number of ether oxygens (including phenoxy) is 2. The molecule has 1 aromatic heterocycles. The number of nitrogens with zero attached hydrogens (tertiary/aromatic N) is 4. The number of benzene rings is 2. The van der Waals surface area contributed by atoms with Crippen LogP contribution in [0.5, 0.6) is 11.5 Å². The Morgan fingerprint density at radius 3 is 2.48 bits per heavy atom. The van der Waals surface area contributed by atoms with Crippen molar-refractivity contribution in [1.29, 1.82) is 5.26 Å². The predicted molar refractivity (Wildman–Crippen MR) is 95.3 cm³/mol. The lowest BCUT2D eigenvalue weighted by molar-refractivity contribution is 0.344. The van der Waals surface area contributed by atoms with E-state index in [2.05, 4.69) is 16.3 Å². The molecule has 0 atom stereocenters. The number of aromatic nitrogens is 3. The van der Waals surface area contributed by atoms with Crippen LogP contribution < -0.4 is 9.47 Å². The largest absolute Gasteiger partial charge is 0.497 e. The second-order valence-corrected chi connectivity index (χ2v) is 6.08. The summed E-state index contributed by atoms with van der Waals surface area (Å²) in [5, 5.41) is 17.7. The molecule has 3 rings (SSSR count). The van der Waals surface area contributed by atoms with E-state index in [-0.39, 0.29) is 0 Å². The summed E-state index contributed by atoms with van der Waals surface area (Å²) < 4.78 is 12.8. The maximum atomic E-state index is 8.78. The Hall–Kier alpha value is -2.98. The van der Waals surface area contributed by atoms with Crippen LogP contribution in [0.25, 0.3) is 5.69 Å². The van der Waals surface area contributed by atoms with Gasteiger partial charge in [0.2, 0.25) is 0 Å². The fourth-order valence-electron chi connectivity index (χ4n) is 2.16. The molecule has 2 aromatic carbocycles. The molecule has 3 aromatic rings. The van der Waals surface area contributed by atoms with Crippen molar-refractivity contribution in [3.63, 3.8) is 0 Å². The van der Waals surface area contributed by atoms with Crippen molar-refractivity contribution in [2.24, 2.45) is 0 Å². The first-order valence-corrected chi connectivity index (χ1v) is 8.59. The molecule has 0 bridgehead atoms. The number of hydrogen-bond acceptors (Lipinski definition) is 6. The van der Waals surface area contributed by atoms with E-state index in [0.29, 0.717) is 12.2 Å². The minimum atomic E-state index is 0.534. The standard InChI is InChI=1S/C18H16N4O2S/c1-23-16-8-4-15(5-9-16)22-13-20-21-18(22)25-11-10-24-17-6-2-14(12-19)3-7-17/h2-9,13H,10-11H2,1H3. The van der Waals surface area contributed by atoms with Crippen molar-refractivity contribution < 1.29 is 9.47 Å². The van der Waals surface area contributed by atoms with Gasteiger partial charge in [0.25, 0.3) is 0 Å². The van der Waals surface area contributed by atoms with Crippen molar-refractivity contribution in [2.75, 3.05) is 19.5 Å². The van der Waals surface area contributed by atoms with Gasteiger partial charge < -0.3 is 9.47 Å². The summed E-state index contributed by atoms with van der Waals surface area (Å²) in [7, 11) is 1.64. The second kappa shape index (κ2) is 8.22. The topological polar surface area (TPSA) is 73.0 Å². The van der Waals surface area contributed by atoms with Gasteiger partial charge in [0.1, 0.15) is 17.8 Å². The van der Waals surface area contributed by atoms with Crippen molar-refractivity contribution >= 4 is 11.8 Å². The number of hydrogen-bond donors (Lipinski definition) is 0. The zero-order valence-corrected chi connectivity index (χ0v) is 14.4. The van der Waals surface area contributed by atoms with Gasteiger partial charge in [-0.25, -0.2) is 0 Å². The third kappa shape index (κ3) is 4.31. The van der Waals surface area contributed by atoms with Gasteiger partial charge in [0.05, 0.1) is 25.3 Å². The summed E-state index contributed by atoms with van der Waals surface area (Å²) in [5.41, 5.74) is 1.59. The van der Waals surface area contributed by atoms with E-state index in [4.69, 9.17) is 14.7 Å². The van der Waals surface area contributed by atoms with Crippen molar-refractivity contribution in [3.8, 4) is 23.3 Å². The van der Waals surface area contributed by atoms with Gasteiger partial charge in [-0.1, -0.05) is 11.8 Å². The molecule has 0 fully saturated rings. The Morgan fingerprint density at radius 1 is 1.08 bits per heavy atom. The molecule has 6 nitrogen and oxygen atoms in total. The Kier molecular flexibility index (Phi) is 5.54. The predicted octanol–water partition coefficient (Wildman–Crippen LogP) is 3.32. The molecule has 0 radical (unpaired) electrons. The number of thioether (sulfide) groups is 1. The lowest BCUT2D eigenvalue weighted by Gasteiger charge is -2.08. The van der Waals surface area contributed by atoms with Gasteiger partial charge in [-0.15, -0.1) is 10.2 Å². The number of nitriles is 1. The summed E-state index contributed by atoms with van der Waals surface area (Å²) in [4.78, 5) is 0. The van der Waals surface area contributed by atoms with E-state index in [9.17, 15) is 0 Å². The van der Waals surface area contributed by atoms with Crippen LogP contribution in [0.15, 0.2) is 60.0 Å². The van der Waals surface area contributed by atoms with Crippen LogP contribution in [0.1, 0.15) is 5.56 Å². The van der Waals surface area contributed by atoms with Crippen LogP contribution in [0, 0.1) is 11.3 Å². The van der Waals surface area contributed by atoms with Crippen molar-refractivity contribution in [2.45, 2.75) is 5.16 Å². The Morgan fingerprint density at radius 2 is 1.80 bits per heavy atom. The Balaban J connectivity index is 1.55. The summed E-state index contributed by atoms with van der Waals surface area (Å²) >= 11 is 1.57. The average Bonchev–Trinajstić information content (AvgIpc) is 3.14. The molecule has 0 spiro atoms. The van der Waals surface area contributed by atoms with E-state index in [1.165, 1.54) is 0 Å². The molecule has 25 heavy (non-hydrogen) atoms. The summed E-state index contributed by atoms with van der Waals surface area (Å²) in [5.74, 6) is 2.28. The summed E-state index contributed by atoms with van der Waals surface area (Å²) in [6.45, 7) is 0.534. The molecular formula is C18H16N4O2S. The zero-order valence-electron chi connectivity index (χ0n) is 13.6. The fraction of sp³-hybridized carbons (Fsp3) is 0.167. The molecular weight excluding hydrogens is 336 g/mol. The first-order chi connectivity index (χ1) is 12.3. The highest BCUT2D eigenvalue weighted by atomic mass is 32.2. The summed E-state index contributed by atoms with van der Waals surface area (Å²) in [6, 6.07) is 16.9. The Bertz CT molecular complexity index is 854. The first kappa shape index (κ1) is 16.9. The van der Waals surface area contributed by atoms with Crippen molar-refractivity contribution in [1.82, 2.24) is 14.8 Å². The van der Waals surface area contributed by atoms with Crippen LogP contribution in [-0.2, 0) is 0 Å². The SMILES string of the molecule is COc1ccc(-n2cnnc2SCCOc2ccc(C#N)cc2)cc1. The maximum absolute atomic E-state index is 8.78. The molecule has 0 amide bonds. The normalized spacial score (nSPS) is 10.2. The number of rotatable bonds is 7. The molecule has 7 heteroatoms. The highest BCUT2D eigenvalue weighted by Crippen LogP contribution is 2.21. The van der Waals surface area contributed by atoms with Crippen LogP contribution >= 0.6 is 11.8 Å². The minimum absolute atomic E-state index is 0.534. The van der Waals surface area contributed by atoms with E-state index in [1.54, 1.807) is 49.5 Å². The van der Waals surface area contributed by atoms with E-state index in [1.807, 2.05) is 28.8 Å². The molecule has 0 aliphatic heterocycles. The molecule has 0 saturated heterocycles. The summed E-state index contributed by atoms with van der Waals surface area (Å²) in [6.07, 6.45) is 1.69. The average molecular weight is 352 g/mol. The quantitative estimate of drug-likeness (QED) is 0.480. The first-order valence-electron chi connectivity index (χ1n) is 7.60. The minimum Gasteiger partial charge on any atom is -0.497 e. The van der Waals surface area contributed by atoms with Gasteiger partial charge >= 0.3 is 0 Å². The molecule has 0 aliphatic carbocycles. The fourth-order valence-corrected chi connectivity index (χ4v) is 2.91. The van der Waals surface area contributed by atoms with E-state index >= 15 is 0 Å². The van der Waals surface area contributed by atoms with Gasteiger partial charge in [0, 0.05) is 11.4 Å². The van der Waals surface area contributed by atoms with Gasteiger partial charge in [0.15, 0.2) is 5.16 Å². The van der Waals surface area contributed by atoms with Crippen LogP contribution in [0.3, 0.4) is 0 Å². The molecule has 126 valence electrons. The molecule has 1 heterocycles. The number of methoxy groups -OCH3 is 1. The lowest BCUT2D eigenvalue weighted by Crippen LogP contribution is -2.02. The second-order valence-electron chi connectivity index (χ2n) is 5.01.